The van der Waals surface area contributed by atoms with Crippen LogP contribution in [-0.2, 0) is 14.8 Å². The molecule has 0 amide bonds. The number of H-pyrrole nitrogens is 1. The Kier molecular flexibility index (Phi) is 4.11. The molecule has 0 saturated carbocycles. The zero-order chi connectivity index (χ0) is 15.8. The van der Waals surface area contributed by atoms with Crippen LogP contribution in [0.3, 0.4) is 0 Å². The summed E-state index contributed by atoms with van der Waals surface area (Å²) >= 11 is 3.36. The number of ether oxygens (including phenoxy) is 1. The molecule has 6 nitrogen and oxygen atoms in total. The summed E-state index contributed by atoms with van der Waals surface area (Å²) in [7, 11) is -1.02. The molecule has 1 heterocycles. The Morgan fingerprint density at radius 2 is 2.14 bits per heavy atom. The van der Waals surface area contributed by atoms with Crippen LogP contribution in [0.2, 0.25) is 0 Å². The predicted octanol–water partition coefficient (Wildman–Crippen LogP) is 2.63. The van der Waals surface area contributed by atoms with E-state index in [1.807, 2.05) is 0 Å². The van der Waals surface area contributed by atoms with Gasteiger partial charge >= 0.3 is 5.97 Å². The van der Waals surface area contributed by atoms with Gasteiger partial charge in [-0.1, -0.05) is 6.58 Å². The lowest BCUT2D eigenvalue weighted by atomic mass is 10.1. The average Bonchev–Trinajstić information content (AvgIpc) is 2.86. The highest BCUT2D eigenvalue weighted by atomic mass is 79.9. The van der Waals surface area contributed by atoms with Crippen molar-refractivity contribution in [1.82, 2.24) is 4.98 Å². The first-order valence-corrected chi connectivity index (χ1v) is 8.11. The molecule has 0 unspecified atom stereocenters. The highest BCUT2D eigenvalue weighted by Crippen LogP contribution is 2.35. The average molecular weight is 373 g/mol. The number of sulfonamides is 1. The molecule has 0 aliphatic rings. The van der Waals surface area contributed by atoms with Crippen molar-refractivity contribution in [2.24, 2.45) is 0 Å². The normalized spacial score (nSPS) is 11.4. The minimum atomic E-state index is -3.68. The molecule has 112 valence electrons. The number of aromatic nitrogens is 1. The maximum atomic E-state index is 12.0. The van der Waals surface area contributed by atoms with Crippen LogP contribution in [0.5, 0.6) is 0 Å². The summed E-state index contributed by atoms with van der Waals surface area (Å²) in [5, 5.41) is 1.50. The highest BCUT2D eigenvalue weighted by molar-refractivity contribution is 9.10. The van der Waals surface area contributed by atoms with E-state index in [9.17, 15) is 13.2 Å². The Hall–Kier alpha value is -1.80. The number of nitrogens with zero attached hydrogens (tertiary/aromatic N) is 1. The fourth-order valence-electron chi connectivity index (χ4n) is 1.94. The van der Waals surface area contributed by atoms with Gasteiger partial charge in [0.1, 0.15) is 0 Å². The molecule has 0 spiro atoms. The molecule has 8 heteroatoms. The molecule has 1 aromatic carbocycles. The summed E-state index contributed by atoms with van der Waals surface area (Å²) in [5.41, 5.74) is 1.22. The molecule has 21 heavy (non-hydrogen) atoms. The second-order valence-corrected chi connectivity index (χ2v) is 6.99. The smallest absolute Gasteiger partial charge is 0.337 e. The first kappa shape index (κ1) is 15.6. The topological polar surface area (TPSA) is 79.5 Å². The fourth-order valence-corrected chi connectivity index (χ4v) is 3.11. The molecule has 2 aromatic rings. The van der Waals surface area contributed by atoms with Gasteiger partial charge in [-0.2, -0.15) is 0 Å². The van der Waals surface area contributed by atoms with Crippen molar-refractivity contribution in [2.75, 3.05) is 18.5 Å². The molecule has 0 bridgehead atoms. The van der Waals surface area contributed by atoms with Crippen molar-refractivity contribution in [1.29, 1.82) is 0 Å². The summed E-state index contributed by atoms with van der Waals surface area (Å²) in [5.74, 6) is -0.548. The summed E-state index contributed by atoms with van der Waals surface area (Å²) in [4.78, 5) is 14.7. The SMILES string of the molecule is C=CS(=O)(=O)N(C)c1cc(C(=O)OC)cc2[nH]cc(Br)c12. The Morgan fingerprint density at radius 1 is 1.48 bits per heavy atom. The van der Waals surface area contributed by atoms with Gasteiger partial charge in [-0.15, -0.1) is 0 Å². The van der Waals surface area contributed by atoms with E-state index in [-0.39, 0.29) is 5.56 Å². The molecular weight excluding hydrogens is 360 g/mol. The Bertz CT molecular complexity index is 826. The Balaban J connectivity index is 2.78. The quantitative estimate of drug-likeness (QED) is 0.836. The van der Waals surface area contributed by atoms with Gasteiger partial charge in [0.25, 0.3) is 10.0 Å². The number of carbonyl (C=O) groups excluding carboxylic acids is 1. The molecule has 0 aliphatic heterocycles. The number of aromatic amines is 1. The fraction of sp³-hybridized carbons (Fsp3) is 0.154. The van der Waals surface area contributed by atoms with E-state index in [4.69, 9.17) is 0 Å². The molecule has 0 aliphatic carbocycles. The number of esters is 1. The zero-order valence-corrected chi connectivity index (χ0v) is 13.8. The minimum Gasteiger partial charge on any atom is -0.465 e. The van der Waals surface area contributed by atoms with E-state index < -0.39 is 16.0 Å². The lowest BCUT2D eigenvalue weighted by molar-refractivity contribution is 0.0601. The highest BCUT2D eigenvalue weighted by Gasteiger charge is 2.21. The summed E-state index contributed by atoms with van der Waals surface area (Å²) in [6.45, 7) is 3.30. The first-order valence-electron chi connectivity index (χ1n) is 5.82. The third-order valence-electron chi connectivity index (χ3n) is 3.06. The number of benzene rings is 1. The first-order chi connectivity index (χ1) is 9.81. The van der Waals surface area contributed by atoms with Crippen molar-refractivity contribution >= 4 is 48.5 Å². The van der Waals surface area contributed by atoms with Crippen molar-refractivity contribution in [3.63, 3.8) is 0 Å². The van der Waals surface area contributed by atoms with Gasteiger partial charge in [0.15, 0.2) is 0 Å². The monoisotopic (exact) mass is 372 g/mol. The number of nitrogens with one attached hydrogen (secondary N) is 1. The van der Waals surface area contributed by atoms with Gasteiger partial charge < -0.3 is 9.72 Å². The summed E-state index contributed by atoms with van der Waals surface area (Å²) in [6.07, 6.45) is 1.67. The zero-order valence-electron chi connectivity index (χ0n) is 11.4. The minimum absolute atomic E-state index is 0.250. The number of fused-ring (bicyclic) bond motifs is 1. The van der Waals surface area contributed by atoms with Gasteiger partial charge in [-0.25, -0.2) is 13.2 Å². The third kappa shape index (κ3) is 2.68. The number of hydrogen-bond donors (Lipinski definition) is 1. The lowest BCUT2D eigenvalue weighted by Gasteiger charge is -2.19. The number of rotatable bonds is 4. The Morgan fingerprint density at radius 3 is 2.71 bits per heavy atom. The van der Waals surface area contributed by atoms with Crippen LogP contribution in [0.4, 0.5) is 5.69 Å². The van der Waals surface area contributed by atoms with Crippen LogP contribution in [0.15, 0.2) is 34.8 Å². The maximum Gasteiger partial charge on any atom is 0.337 e. The lowest BCUT2D eigenvalue weighted by Crippen LogP contribution is -2.24. The van der Waals surface area contributed by atoms with Gasteiger partial charge in [0.05, 0.1) is 18.4 Å². The number of carbonyl (C=O) groups is 1. The number of anilines is 1. The van der Waals surface area contributed by atoms with Crippen molar-refractivity contribution in [2.45, 2.75) is 0 Å². The van der Waals surface area contributed by atoms with Gasteiger partial charge in [0, 0.05) is 34.0 Å². The van der Waals surface area contributed by atoms with E-state index >= 15 is 0 Å². The van der Waals surface area contributed by atoms with E-state index in [2.05, 4.69) is 32.2 Å². The molecular formula is C13H13BrN2O4S. The molecule has 1 aromatic heterocycles. The van der Waals surface area contributed by atoms with E-state index in [0.717, 1.165) is 9.71 Å². The Labute approximate surface area is 130 Å². The van der Waals surface area contributed by atoms with E-state index in [1.165, 1.54) is 20.2 Å². The molecule has 0 atom stereocenters. The van der Waals surface area contributed by atoms with Crippen LogP contribution in [0.1, 0.15) is 10.4 Å². The summed E-state index contributed by atoms with van der Waals surface area (Å²) in [6, 6.07) is 3.07. The molecule has 1 N–H and O–H groups in total. The van der Waals surface area contributed by atoms with Crippen molar-refractivity contribution in [3.05, 3.63) is 40.4 Å². The van der Waals surface area contributed by atoms with Crippen LogP contribution >= 0.6 is 15.9 Å². The van der Waals surface area contributed by atoms with Crippen molar-refractivity contribution in [3.8, 4) is 0 Å². The predicted molar refractivity (Wildman–Crippen MR) is 84.9 cm³/mol. The van der Waals surface area contributed by atoms with Gasteiger partial charge in [0.2, 0.25) is 0 Å². The standard InChI is InChI=1S/C13H13BrN2O4S/c1-4-21(18,19)16(2)11-6-8(13(17)20-3)5-10-12(11)9(14)7-15-10/h4-7,15H,1H2,2-3H3. The number of halogens is 1. The van der Waals surface area contributed by atoms with E-state index in [0.29, 0.717) is 21.1 Å². The summed E-state index contributed by atoms with van der Waals surface area (Å²) < 4.78 is 30.4. The second-order valence-electron chi connectivity index (χ2n) is 4.23. The van der Waals surface area contributed by atoms with Crippen LogP contribution < -0.4 is 4.31 Å². The van der Waals surface area contributed by atoms with Crippen LogP contribution in [-0.4, -0.2) is 33.5 Å². The van der Waals surface area contributed by atoms with E-state index in [1.54, 1.807) is 12.3 Å². The number of hydrogen-bond acceptors (Lipinski definition) is 4. The van der Waals surface area contributed by atoms with Crippen LogP contribution in [0, 0.1) is 0 Å². The van der Waals surface area contributed by atoms with Gasteiger partial charge in [-0.3, -0.25) is 4.31 Å². The maximum absolute atomic E-state index is 12.0. The van der Waals surface area contributed by atoms with Crippen LogP contribution in [0.25, 0.3) is 10.9 Å². The molecule has 0 radical (unpaired) electrons. The number of methoxy groups -OCH3 is 1. The molecule has 0 saturated heterocycles. The van der Waals surface area contributed by atoms with Gasteiger partial charge in [-0.05, 0) is 28.1 Å². The largest absolute Gasteiger partial charge is 0.465 e. The van der Waals surface area contributed by atoms with Crippen molar-refractivity contribution < 1.29 is 17.9 Å². The molecule has 2 rings (SSSR count). The third-order valence-corrected chi connectivity index (χ3v) is 5.07. The molecule has 0 fully saturated rings. The second kappa shape index (κ2) is 5.53.